The van der Waals surface area contributed by atoms with Crippen molar-refractivity contribution in [2.75, 3.05) is 44.3 Å². The summed E-state index contributed by atoms with van der Waals surface area (Å²) in [6.07, 6.45) is 2.46. The third-order valence-corrected chi connectivity index (χ3v) is 6.05. The highest BCUT2D eigenvalue weighted by molar-refractivity contribution is 7.22. The fourth-order valence-electron chi connectivity index (χ4n) is 3.41. The lowest BCUT2D eigenvalue weighted by Crippen LogP contribution is -2.39. The molecule has 1 aliphatic rings. The van der Waals surface area contributed by atoms with Crippen molar-refractivity contribution in [1.82, 2.24) is 19.7 Å². The number of anilines is 1. The Bertz CT molecular complexity index is 1030. The van der Waals surface area contributed by atoms with Crippen LogP contribution < -0.4 is 4.90 Å². The molecule has 0 bridgehead atoms. The standard InChI is InChI=1S/C20H23F2N5O2S/c1-2-26-7-4-16(24-26)19(28)27(6-3-5-25-8-10-29-11-9-25)20-23-18-15(22)12-14(21)13-17(18)30-20/h4,7,12-13H,2-3,5-6,8-11H2,1H3. The molecule has 7 nitrogen and oxygen atoms in total. The SMILES string of the molecule is CCn1ccc(C(=O)N(CCCN2CCOCC2)c2nc3c(F)cc(F)cc3s2)n1. The predicted molar refractivity (Wildman–Crippen MR) is 111 cm³/mol. The Labute approximate surface area is 176 Å². The van der Waals surface area contributed by atoms with Crippen LogP contribution in [-0.2, 0) is 11.3 Å². The van der Waals surface area contributed by atoms with Crippen molar-refractivity contribution in [2.45, 2.75) is 19.9 Å². The molecule has 1 amide bonds. The molecule has 0 spiro atoms. The van der Waals surface area contributed by atoms with Crippen LogP contribution in [0.3, 0.4) is 0 Å². The summed E-state index contributed by atoms with van der Waals surface area (Å²) < 4.78 is 35.2. The third-order valence-electron chi connectivity index (χ3n) is 5.02. The molecular weight excluding hydrogens is 412 g/mol. The van der Waals surface area contributed by atoms with Crippen molar-refractivity contribution in [3.63, 3.8) is 0 Å². The molecule has 0 radical (unpaired) electrons. The van der Waals surface area contributed by atoms with E-state index in [1.54, 1.807) is 16.9 Å². The monoisotopic (exact) mass is 435 g/mol. The molecule has 0 unspecified atom stereocenters. The largest absolute Gasteiger partial charge is 0.379 e. The number of aromatic nitrogens is 3. The number of rotatable bonds is 7. The van der Waals surface area contributed by atoms with Gasteiger partial charge < -0.3 is 4.74 Å². The molecule has 2 aromatic heterocycles. The van der Waals surface area contributed by atoms with Crippen LogP contribution in [0.25, 0.3) is 10.2 Å². The zero-order valence-corrected chi connectivity index (χ0v) is 17.5. The smallest absolute Gasteiger partial charge is 0.280 e. The van der Waals surface area contributed by atoms with E-state index in [2.05, 4.69) is 15.0 Å². The maximum Gasteiger partial charge on any atom is 0.280 e. The fourth-order valence-corrected chi connectivity index (χ4v) is 4.44. The van der Waals surface area contributed by atoms with E-state index in [-0.39, 0.29) is 11.4 Å². The molecular formula is C20H23F2N5O2S. The van der Waals surface area contributed by atoms with Crippen LogP contribution in [0.1, 0.15) is 23.8 Å². The number of hydrogen-bond donors (Lipinski definition) is 0. The van der Waals surface area contributed by atoms with Gasteiger partial charge in [0, 0.05) is 45.0 Å². The number of morpholine rings is 1. The van der Waals surface area contributed by atoms with E-state index in [0.717, 1.165) is 37.0 Å². The number of benzene rings is 1. The molecule has 0 saturated carbocycles. The van der Waals surface area contributed by atoms with E-state index in [4.69, 9.17) is 4.74 Å². The highest BCUT2D eigenvalue weighted by Gasteiger charge is 2.24. The number of thiazole rings is 1. The number of carbonyl (C=O) groups excluding carboxylic acids is 1. The molecule has 160 valence electrons. The number of nitrogens with zero attached hydrogens (tertiary/aromatic N) is 5. The Morgan fingerprint density at radius 3 is 2.83 bits per heavy atom. The van der Waals surface area contributed by atoms with E-state index in [0.29, 0.717) is 48.2 Å². The summed E-state index contributed by atoms with van der Waals surface area (Å²) >= 11 is 1.10. The lowest BCUT2D eigenvalue weighted by atomic mass is 10.3. The predicted octanol–water partition coefficient (Wildman–Crippen LogP) is 3.16. The van der Waals surface area contributed by atoms with Crippen LogP contribution in [0.2, 0.25) is 0 Å². The van der Waals surface area contributed by atoms with Crippen LogP contribution in [0.15, 0.2) is 24.4 Å². The molecule has 30 heavy (non-hydrogen) atoms. The van der Waals surface area contributed by atoms with Crippen LogP contribution >= 0.6 is 11.3 Å². The molecule has 1 aromatic carbocycles. The van der Waals surface area contributed by atoms with Crippen molar-refractivity contribution in [3.05, 3.63) is 41.7 Å². The average molecular weight is 436 g/mol. The zero-order chi connectivity index (χ0) is 21.1. The van der Waals surface area contributed by atoms with Gasteiger partial charge in [0.2, 0.25) is 0 Å². The van der Waals surface area contributed by atoms with E-state index in [1.165, 1.54) is 11.0 Å². The van der Waals surface area contributed by atoms with Crippen LogP contribution in [0.5, 0.6) is 0 Å². The normalized spacial score (nSPS) is 15.0. The molecule has 3 heterocycles. The van der Waals surface area contributed by atoms with Crippen LogP contribution in [-0.4, -0.2) is 65.0 Å². The van der Waals surface area contributed by atoms with Gasteiger partial charge in [-0.2, -0.15) is 5.10 Å². The van der Waals surface area contributed by atoms with Gasteiger partial charge in [0.1, 0.15) is 11.3 Å². The second-order valence-electron chi connectivity index (χ2n) is 7.05. The number of ether oxygens (including phenoxy) is 1. The molecule has 10 heteroatoms. The molecule has 3 aromatic rings. The van der Waals surface area contributed by atoms with Crippen LogP contribution in [0.4, 0.5) is 13.9 Å². The minimum absolute atomic E-state index is 0.0708. The van der Waals surface area contributed by atoms with E-state index in [1.807, 2.05) is 6.92 Å². The Hall–Kier alpha value is -2.43. The quantitative estimate of drug-likeness (QED) is 0.571. The van der Waals surface area contributed by atoms with Gasteiger partial charge in [-0.1, -0.05) is 11.3 Å². The second kappa shape index (κ2) is 9.15. The van der Waals surface area contributed by atoms with Crippen LogP contribution in [0, 0.1) is 11.6 Å². The number of fused-ring (bicyclic) bond motifs is 1. The fraction of sp³-hybridized carbons (Fsp3) is 0.450. The van der Waals surface area contributed by atoms with Gasteiger partial charge in [0.05, 0.1) is 17.9 Å². The van der Waals surface area contributed by atoms with E-state index < -0.39 is 11.6 Å². The first-order valence-corrected chi connectivity index (χ1v) is 10.8. The second-order valence-corrected chi connectivity index (χ2v) is 8.06. The van der Waals surface area contributed by atoms with Crippen molar-refractivity contribution in [3.8, 4) is 0 Å². The molecule has 4 rings (SSSR count). The van der Waals surface area contributed by atoms with Crippen molar-refractivity contribution >= 4 is 32.6 Å². The minimum Gasteiger partial charge on any atom is -0.379 e. The molecule has 0 atom stereocenters. The third kappa shape index (κ3) is 4.50. The number of aryl methyl sites for hydroxylation is 1. The van der Waals surface area contributed by atoms with Gasteiger partial charge in [-0.25, -0.2) is 13.8 Å². The number of carbonyl (C=O) groups is 1. The Morgan fingerprint density at radius 1 is 1.30 bits per heavy atom. The Morgan fingerprint density at radius 2 is 2.10 bits per heavy atom. The maximum absolute atomic E-state index is 14.2. The van der Waals surface area contributed by atoms with E-state index in [9.17, 15) is 13.6 Å². The van der Waals surface area contributed by atoms with Gasteiger partial charge in [-0.15, -0.1) is 0 Å². The highest BCUT2D eigenvalue weighted by atomic mass is 32.1. The number of hydrogen-bond acceptors (Lipinski definition) is 6. The van der Waals surface area contributed by atoms with Crippen molar-refractivity contribution in [1.29, 1.82) is 0 Å². The molecule has 0 aliphatic carbocycles. The van der Waals surface area contributed by atoms with Gasteiger partial charge >= 0.3 is 0 Å². The summed E-state index contributed by atoms with van der Waals surface area (Å²) in [6, 6.07) is 3.70. The number of halogens is 2. The van der Waals surface area contributed by atoms with Gasteiger partial charge in [-0.3, -0.25) is 19.3 Å². The minimum atomic E-state index is -0.733. The topological polar surface area (TPSA) is 63.5 Å². The van der Waals surface area contributed by atoms with Gasteiger partial charge in [0.15, 0.2) is 16.6 Å². The summed E-state index contributed by atoms with van der Waals surface area (Å²) in [5.41, 5.74) is 0.371. The summed E-state index contributed by atoms with van der Waals surface area (Å²) in [5, 5.41) is 4.64. The van der Waals surface area contributed by atoms with Crippen molar-refractivity contribution < 1.29 is 18.3 Å². The Kier molecular flexibility index (Phi) is 6.35. The zero-order valence-electron chi connectivity index (χ0n) is 16.7. The first kappa shape index (κ1) is 20.8. The average Bonchev–Trinajstić information content (AvgIpc) is 3.39. The summed E-state index contributed by atoms with van der Waals surface area (Å²) in [6.45, 7) is 6.94. The van der Waals surface area contributed by atoms with Crippen molar-refractivity contribution in [2.24, 2.45) is 0 Å². The maximum atomic E-state index is 14.2. The molecule has 1 saturated heterocycles. The Balaban J connectivity index is 1.59. The number of amides is 1. The molecule has 0 N–H and O–H groups in total. The van der Waals surface area contributed by atoms with E-state index >= 15 is 0 Å². The summed E-state index contributed by atoms with van der Waals surface area (Å²) in [4.78, 5) is 21.3. The molecule has 1 fully saturated rings. The lowest BCUT2D eigenvalue weighted by Gasteiger charge is -2.27. The highest BCUT2D eigenvalue weighted by Crippen LogP contribution is 2.32. The van der Waals surface area contributed by atoms with Gasteiger partial charge in [0.25, 0.3) is 5.91 Å². The summed E-state index contributed by atoms with van der Waals surface area (Å²) in [5.74, 6) is -1.70. The first-order chi connectivity index (χ1) is 14.5. The van der Waals surface area contributed by atoms with Gasteiger partial charge in [-0.05, 0) is 25.5 Å². The molecule has 1 aliphatic heterocycles. The lowest BCUT2D eigenvalue weighted by molar-refractivity contribution is 0.0376. The first-order valence-electron chi connectivity index (χ1n) is 9.96. The summed E-state index contributed by atoms with van der Waals surface area (Å²) in [7, 11) is 0.